The normalized spacial score (nSPS) is 18.7. The second kappa shape index (κ2) is 9.69. The van der Waals surface area contributed by atoms with E-state index in [-0.39, 0.29) is 17.1 Å². The average Bonchev–Trinajstić information content (AvgIpc) is 2.84. The molecule has 37 heavy (non-hydrogen) atoms. The molecule has 6 heteroatoms. The molecular formula is C31H31N3O3. The molecule has 6 nitrogen and oxygen atoms in total. The molecule has 188 valence electrons. The van der Waals surface area contributed by atoms with Crippen molar-refractivity contribution >= 4 is 17.5 Å². The van der Waals surface area contributed by atoms with Gasteiger partial charge in [0.15, 0.2) is 5.78 Å². The Morgan fingerprint density at radius 2 is 1.76 bits per heavy atom. The third-order valence-corrected chi connectivity index (χ3v) is 6.81. The maximum Gasteiger partial charge on any atom is 0.255 e. The summed E-state index contributed by atoms with van der Waals surface area (Å²) in [6.45, 7) is 8.04. The molecule has 0 bridgehead atoms. The number of hydrogen-bond acceptors (Lipinski definition) is 5. The lowest BCUT2D eigenvalue weighted by Crippen LogP contribution is -2.39. The second-order valence-corrected chi connectivity index (χ2v) is 10.6. The number of aryl methyl sites for hydroxylation is 1. The number of pyridine rings is 1. The van der Waals surface area contributed by atoms with Crippen LogP contribution < -0.4 is 15.4 Å². The predicted octanol–water partition coefficient (Wildman–Crippen LogP) is 6.43. The Balaban J connectivity index is 1.57. The molecule has 1 aromatic heterocycles. The molecule has 2 aromatic carbocycles. The van der Waals surface area contributed by atoms with Crippen LogP contribution in [0.15, 0.2) is 95.5 Å². The van der Waals surface area contributed by atoms with Gasteiger partial charge in [-0.2, -0.15) is 0 Å². The van der Waals surface area contributed by atoms with Crippen molar-refractivity contribution in [1.29, 1.82) is 0 Å². The first-order valence-corrected chi connectivity index (χ1v) is 12.5. The molecule has 2 heterocycles. The van der Waals surface area contributed by atoms with E-state index in [1.54, 1.807) is 12.3 Å². The summed E-state index contributed by atoms with van der Waals surface area (Å²) in [6.07, 6.45) is 2.87. The zero-order valence-corrected chi connectivity index (χ0v) is 21.6. The van der Waals surface area contributed by atoms with Gasteiger partial charge in [-0.05, 0) is 67.1 Å². The number of nitrogens with one attached hydrogen (secondary N) is 2. The summed E-state index contributed by atoms with van der Waals surface area (Å²) >= 11 is 0. The van der Waals surface area contributed by atoms with Gasteiger partial charge < -0.3 is 15.4 Å². The third-order valence-electron chi connectivity index (χ3n) is 6.81. The minimum atomic E-state index is -0.523. The monoisotopic (exact) mass is 493 g/mol. The Morgan fingerprint density at radius 3 is 2.49 bits per heavy atom. The van der Waals surface area contributed by atoms with Crippen molar-refractivity contribution in [2.45, 2.75) is 46.5 Å². The number of para-hydroxylation sites is 1. The number of nitrogens with zero attached hydrogens (tertiary/aromatic N) is 1. The second-order valence-electron chi connectivity index (χ2n) is 10.6. The fourth-order valence-corrected chi connectivity index (χ4v) is 5.18. The average molecular weight is 494 g/mol. The lowest BCUT2D eigenvalue weighted by atomic mass is 9.68. The fourth-order valence-electron chi connectivity index (χ4n) is 5.18. The summed E-state index contributed by atoms with van der Waals surface area (Å²) in [5.41, 5.74) is 4.46. The highest BCUT2D eigenvalue weighted by Crippen LogP contribution is 2.47. The van der Waals surface area contributed by atoms with E-state index in [1.165, 1.54) is 0 Å². The molecule has 1 aliphatic carbocycles. The van der Waals surface area contributed by atoms with Gasteiger partial charge in [-0.15, -0.1) is 0 Å². The first-order valence-electron chi connectivity index (χ1n) is 12.5. The van der Waals surface area contributed by atoms with Gasteiger partial charge in [-0.1, -0.05) is 50.2 Å². The molecule has 2 N–H and O–H groups in total. The van der Waals surface area contributed by atoms with Crippen LogP contribution in [0.5, 0.6) is 11.5 Å². The minimum absolute atomic E-state index is 0.0596. The lowest BCUT2D eigenvalue weighted by molar-refractivity contribution is -0.118. The summed E-state index contributed by atoms with van der Waals surface area (Å²) < 4.78 is 6.09. The zero-order chi connectivity index (χ0) is 26.2. The van der Waals surface area contributed by atoms with Crippen LogP contribution in [-0.4, -0.2) is 16.7 Å². The zero-order valence-electron chi connectivity index (χ0n) is 21.6. The van der Waals surface area contributed by atoms with E-state index in [1.807, 2.05) is 74.5 Å². The third kappa shape index (κ3) is 5.19. The van der Waals surface area contributed by atoms with Crippen LogP contribution in [0.4, 0.5) is 5.82 Å². The van der Waals surface area contributed by atoms with E-state index < -0.39 is 5.92 Å². The number of carbonyl (C=O) groups excluding carboxylic acids is 2. The largest absolute Gasteiger partial charge is 0.457 e. The molecule has 3 aromatic rings. The SMILES string of the molecule is CC1=C(C(=O)Nc2ccc(C)cn2)C(c2cccc(Oc3ccccc3)c2)C2=C(CC(C)(C)CC2=O)N1. The number of benzene rings is 2. The number of ketones is 1. The number of rotatable bonds is 5. The molecular weight excluding hydrogens is 462 g/mol. The molecule has 1 unspecified atom stereocenters. The standard InChI is InChI=1S/C31H31N3O3/c1-19-13-14-26(32-18-19)34-30(36)27-20(2)33-24-16-31(3,4)17-25(35)29(24)28(27)21-9-8-12-23(15-21)37-22-10-6-5-7-11-22/h5-15,18,28,33H,16-17H2,1-4H3,(H,32,34,36). The highest BCUT2D eigenvalue weighted by Gasteiger charge is 2.42. The molecule has 0 saturated heterocycles. The van der Waals surface area contributed by atoms with Crippen LogP contribution in [0.2, 0.25) is 0 Å². The number of dihydropyridines is 1. The highest BCUT2D eigenvalue weighted by molar-refractivity contribution is 6.09. The number of amides is 1. The number of carbonyl (C=O) groups is 2. The predicted molar refractivity (Wildman–Crippen MR) is 144 cm³/mol. The highest BCUT2D eigenvalue weighted by atomic mass is 16.5. The minimum Gasteiger partial charge on any atom is -0.457 e. The molecule has 5 rings (SSSR count). The van der Waals surface area contributed by atoms with Gasteiger partial charge in [0.25, 0.3) is 5.91 Å². The molecule has 1 aliphatic heterocycles. The molecule has 2 aliphatic rings. The Kier molecular flexibility index (Phi) is 6.42. The van der Waals surface area contributed by atoms with Crippen molar-refractivity contribution < 1.29 is 14.3 Å². The Bertz CT molecular complexity index is 1420. The summed E-state index contributed by atoms with van der Waals surface area (Å²) in [6, 6.07) is 20.9. The maximum atomic E-state index is 13.7. The van der Waals surface area contributed by atoms with Gasteiger partial charge in [0.1, 0.15) is 17.3 Å². The summed E-state index contributed by atoms with van der Waals surface area (Å²) in [7, 11) is 0. The number of Topliss-reactive ketones (excluding diaryl/α,β-unsaturated/α-hetero) is 1. The van der Waals surface area contributed by atoms with E-state index in [9.17, 15) is 9.59 Å². The molecule has 0 saturated carbocycles. The number of allylic oxidation sites excluding steroid dienone is 3. The van der Waals surface area contributed by atoms with Crippen molar-refractivity contribution in [2.75, 3.05) is 5.32 Å². The quantitative estimate of drug-likeness (QED) is 0.428. The Morgan fingerprint density at radius 1 is 1.00 bits per heavy atom. The lowest BCUT2D eigenvalue weighted by Gasteiger charge is -2.39. The van der Waals surface area contributed by atoms with Crippen molar-refractivity contribution in [3.8, 4) is 11.5 Å². The molecule has 0 radical (unpaired) electrons. The first-order chi connectivity index (χ1) is 17.7. The number of hydrogen-bond donors (Lipinski definition) is 2. The molecule has 0 fully saturated rings. The van der Waals surface area contributed by atoms with Crippen LogP contribution in [0.1, 0.15) is 50.7 Å². The van der Waals surface area contributed by atoms with E-state index in [2.05, 4.69) is 29.5 Å². The van der Waals surface area contributed by atoms with Crippen molar-refractivity contribution in [3.63, 3.8) is 0 Å². The summed E-state index contributed by atoms with van der Waals surface area (Å²) in [5.74, 6) is 1.08. The van der Waals surface area contributed by atoms with Gasteiger partial charge in [0.05, 0.1) is 0 Å². The topological polar surface area (TPSA) is 80.3 Å². The van der Waals surface area contributed by atoms with Gasteiger partial charge in [-0.3, -0.25) is 9.59 Å². The smallest absolute Gasteiger partial charge is 0.255 e. The van der Waals surface area contributed by atoms with Gasteiger partial charge in [-0.25, -0.2) is 4.98 Å². The van der Waals surface area contributed by atoms with E-state index in [4.69, 9.17) is 4.74 Å². The van der Waals surface area contributed by atoms with Crippen LogP contribution in [0.3, 0.4) is 0 Å². The van der Waals surface area contributed by atoms with Crippen LogP contribution >= 0.6 is 0 Å². The number of aromatic nitrogens is 1. The van der Waals surface area contributed by atoms with Crippen LogP contribution in [-0.2, 0) is 9.59 Å². The van der Waals surface area contributed by atoms with Crippen molar-refractivity contribution in [1.82, 2.24) is 10.3 Å². The van der Waals surface area contributed by atoms with E-state index >= 15 is 0 Å². The van der Waals surface area contributed by atoms with Crippen molar-refractivity contribution in [3.05, 3.63) is 107 Å². The first kappa shape index (κ1) is 24.5. The van der Waals surface area contributed by atoms with Gasteiger partial charge in [0.2, 0.25) is 0 Å². The summed E-state index contributed by atoms with van der Waals surface area (Å²) in [5, 5.41) is 6.35. The molecule has 1 amide bonds. The Labute approximate surface area is 217 Å². The maximum absolute atomic E-state index is 13.7. The molecule has 0 spiro atoms. The fraction of sp³-hybridized carbons (Fsp3) is 0.258. The van der Waals surface area contributed by atoms with Gasteiger partial charge in [0, 0.05) is 41.1 Å². The number of anilines is 1. The number of ether oxygens (including phenoxy) is 1. The summed E-state index contributed by atoms with van der Waals surface area (Å²) in [4.78, 5) is 31.6. The Hall–Kier alpha value is -4.19. The van der Waals surface area contributed by atoms with Gasteiger partial charge >= 0.3 is 0 Å². The molecule has 1 atom stereocenters. The van der Waals surface area contributed by atoms with Crippen LogP contribution in [0.25, 0.3) is 0 Å². The van der Waals surface area contributed by atoms with Crippen molar-refractivity contribution in [2.24, 2.45) is 5.41 Å². The van der Waals surface area contributed by atoms with Crippen LogP contribution in [0, 0.1) is 12.3 Å². The van der Waals surface area contributed by atoms with E-state index in [0.717, 1.165) is 34.7 Å². The van der Waals surface area contributed by atoms with E-state index in [0.29, 0.717) is 29.1 Å².